The lowest BCUT2D eigenvalue weighted by molar-refractivity contribution is 0.893. The Balaban J connectivity index is 2.47. The molecule has 0 atom stereocenters. The van der Waals surface area contributed by atoms with E-state index in [1.165, 1.54) is 0 Å². The second kappa shape index (κ2) is 6.31. The van der Waals surface area contributed by atoms with E-state index in [4.69, 9.17) is 0 Å². The molecule has 0 bridgehead atoms. The SMILES string of the molecule is CCCNc1nc(-c2cncn2C)nc(CC)c1I. The maximum absolute atomic E-state index is 4.64. The van der Waals surface area contributed by atoms with Gasteiger partial charge in [-0.3, -0.25) is 0 Å². The molecule has 0 spiro atoms. The number of nitrogens with one attached hydrogen (secondary N) is 1. The third kappa shape index (κ3) is 3.05. The van der Waals surface area contributed by atoms with Crippen LogP contribution in [-0.2, 0) is 13.5 Å². The molecule has 0 radical (unpaired) electrons. The standard InChI is InChI=1S/C13H18IN5/c1-4-6-16-13-11(14)9(5-2)17-12(18-13)10-7-15-8-19(10)3/h7-8H,4-6H2,1-3H3,(H,16,17,18). The Kier molecular flexibility index (Phi) is 4.73. The zero-order chi connectivity index (χ0) is 13.8. The van der Waals surface area contributed by atoms with Crippen molar-refractivity contribution in [1.29, 1.82) is 0 Å². The van der Waals surface area contributed by atoms with Crippen molar-refractivity contribution in [2.24, 2.45) is 7.05 Å². The summed E-state index contributed by atoms with van der Waals surface area (Å²) in [7, 11) is 1.95. The van der Waals surface area contributed by atoms with E-state index in [9.17, 15) is 0 Å². The average molecular weight is 371 g/mol. The average Bonchev–Trinajstić information content (AvgIpc) is 2.84. The van der Waals surface area contributed by atoms with Crippen LogP contribution >= 0.6 is 22.6 Å². The first-order valence-corrected chi connectivity index (χ1v) is 7.52. The number of rotatable bonds is 5. The Labute approximate surface area is 127 Å². The topological polar surface area (TPSA) is 55.6 Å². The van der Waals surface area contributed by atoms with Crippen molar-refractivity contribution in [3.05, 3.63) is 21.8 Å². The zero-order valence-corrected chi connectivity index (χ0v) is 13.6. The fraction of sp³-hybridized carbons (Fsp3) is 0.462. The van der Waals surface area contributed by atoms with E-state index in [0.717, 1.165) is 46.0 Å². The predicted molar refractivity (Wildman–Crippen MR) is 85.1 cm³/mol. The van der Waals surface area contributed by atoms with Crippen LogP contribution in [0.15, 0.2) is 12.5 Å². The molecule has 2 aromatic heterocycles. The van der Waals surface area contributed by atoms with E-state index < -0.39 is 0 Å². The molecular weight excluding hydrogens is 353 g/mol. The molecule has 0 saturated carbocycles. The molecule has 0 aliphatic carbocycles. The van der Waals surface area contributed by atoms with Gasteiger partial charge in [-0.25, -0.2) is 15.0 Å². The normalized spacial score (nSPS) is 10.7. The lowest BCUT2D eigenvalue weighted by Crippen LogP contribution is -2.09. The minimum absolute atomic E-state index is 0.732. The molecule has 0 aromatic carbocycles. The Hall–Kier alpha value is -1.18. The molecule has 0 aliphatic heterocycles. The maximum Gasteiger partial charge on any atom is 0.180 e. The van der Waals surface area contributed by atoms with Gasteiger partial charge in [0, 0.05) is 13.6 Å². The summed E-state index contributed by atoms with van der Waals surface area (Å²) in [5.74, 6) is 1.65. The number of halogens is 1. The van der Waals surface area contributed by atoms with E-state index in [-0.39, 0.29) is 0 Å². The van der Waals surface area contributed by atoms with Crippen LogP contribution < -0.4 is 5.32 Å². The number of hydrogen-bond donors (Lipinski definition) is 1. The summed E-state index contributed by atoms with van der Waals surface area (Å²) in [5, 5.41) is 3.37. The van der Waals surface area contributed by atoms with E-state index in [2.05, 4.69) is 56.7 Å². The fourth-order valence-electron chi connectivity index (χ4n) is 1.78. The van der Waals surface area contributed by atoms with Crippen LogP contribution in [0.3, 0.4) is 0 Å². The number of aromatic nitrogens is 4. The summed E-state index contributed by atoms with van der Waals surface area (Å²) in [6.45, 7) is 5.17. The number of imidazole rings is 1. The quantitative estimate of drug-likeness (QED) is 0.822. The first-order chi connectivity index (χ1) is 9.17. The molecular formula is C13H18IN5. The summed E-state index contributed by atoms with van der Waals surface area (Å²) in [6, 6.07) is 0. The van der Waals surface area contributed by atoms with Gasteiger partial charge in [-0.2, -0.15) is 0 Å². The smallest absolute Gasteiger partial charge is 0.180 e. The van der Waals surface area contributed by atoms with Gasteiger partial charge in [0.2, 0.25) is 0 Å². The molecule has 6 heteroatoms. The molecule has 0 aliphatic rings. The van der Waals surface area contributed by atoms with E-state index in [0.29, 0.717) is 0 Å². The van der Waals surface area contributed by atoms with E-state index in [1.807, 2.05) is 11.6 Å². The second-order valence-corrected chi connectivity index (χ2v) is 5.41. The summed E-state index contributed by atoms with van der Waals surface area (Å²) in [4.78, 5) is 13.4. The van der Waals surface area contributed by atoms with Crippen molar-refractivity contribution < 1.29 is 0 Å². The molecule has 5 nitrogen and oxygen atoms in total. The second-order valence-electron chi connectivity index (χ2n) is 4.33. The third-order valence-electron chi connectivity index (χ3n) is 2.84. The maximum atomic E-state index is 4.64. The molecule has 0 saturated heterocycles. The minimum Gasteiger partial charge on any atom is -0.369 e. The number of hydrogen-bond acceptors (Lipinski definition) is 4. The lowest BCUT2D eigenvalue weighted by Gasteiger charge is -2.12. The Morgan fingerprint density at radius 1 is 1.32 bits per heavy atom. The Morgan fingerprint density at radius 2 is 2.11 bits per heavy atom. The molecule has 0 fully saturated rings. The largest absolute Gasteiger partial charge is 0.369 e. The summed E-state index contributed by atoms with van der Waals surface area (Å²) in [5.41, 5.74) is 2.01. The number of nitrogens with zero attached hydrogens (tertiary/aromatic N) is 4. The van der Waals surface area contributed by atoms with Crippen LogP contribution in [0.5, 0.6) is 0 Å². The Morgan fingerprint density at radius 3 is 2.68 bits per heavy atom. The van der Waals surface area contributed by atoms with Crippen molar-refractivity contribution >= 4 is 28.4 Å². The van der Waals surface area contributed by atoms with Gasteiger partial charge in [-0.15, -0.1) is 0 Å². The van der Waals surface area contributed by atoms with Gasteiger partial charge < -0.3 is 9.88 Å². The number of anilines is 1. The summed E-state index contributed by atoms with van der Waals surface area (Å²) >= 11 is 2.31. The van der Waals surface area contributed by atoms with Gasteiger partial charge in [0.15, 0.2) is 5.82 Å². The molecule has 1 N–H and O–H groups in total. The van der Waals surface area contributed by atoms with Crippen LogP contribution in [0.4, 0.5) is 5.82 Å². The van der Waals surface area contributed by atoms with Crippen molar-refractivity contribution in [3.63, 3.8) is 0 Å². The predicted octanol–water partition coefficient (Wildman–Crippen LogP) is 2.87. The van der Waals surface area contributed by atoms with Crippen LogP contribution in [0.1, 0.15) is 26.0 Å². The van der Waals surface area contributed by atoms with E-state index in [1.54, 1.807) is 12.5 Å². The van der Waals surface area contributed by atoms with Crippen LogP contribution in [0, 0.1) is 3.57 Å². The van der Waals surface area contributed by atoms with E-state index >= 15 is 0 Å². The van der Waals surface area contributed by atoms with Gasteiger partial charge in [-0.05, 0) is 35.4 Å². The Bertz CT molecular complexity index is 564. The van der Waals surface area contributed by atoms with Crippen LogP contribution in [0.25, 0.3) is 11.5 Å². The zero-order valence-electron chi connectivity index (χ0n) is 11.4. The van der Waals surface area contributed by atoms with Crippen molar-refractivity contribution in [2.45, 2.75) is 26.7 Å². The first-order valence-electron chi connectivity index (χ1n) is 6.44. The molecule has 2 rings (SSSR count). The van der Waals surface area contributed by atoms with Gasteiger partial charge in [-0.1, -0.05) is 13.8 Å². The third-order valence-corrected chi connectivity index (χ3v) is 3.98. The minimum atomic E-state index is 0.732. The van der Waals surface area contributed by atoms with Crippen LogP contribution in [-0.4, -0.2) is 26.1 Å². The lowest BCUT2D eigenvalue weighted by atomic mass is 10.3. The molecule has 19 heavy (non-hydrogen) atoms. The van der Waals surface area contributed by atoms with Gasteiger partial charge >= 0.3 is 0 Å². The number of aryl methyl sites for hydroxylation is 2. The van der Waals surface area contributed by atoms with Crippen molar-refractivity contribution in [3.8, 4) is 11.5 Å². The molecule has 2 aromatic rings. The molecule has 0 amide bonds. The molecule has 2 heterocycles. The fourth-order valence-corrected chi connectivity index (χ4v) is 2.59. The van der Waals surface area contributed by atoms with Gasteiger partial charge in [0.05, 0.1) is 21.8 Å². The monoisotopic (exact) mass is 371 g/mol. The van der Waals surface area contributed by atoms with Crippen LogP contribution in [0.2, 0.25) is 0 Å². The highest BCUT2D eigenvalue weighted by Gasteiger charge is 2.13. The highest BCUT2D eigenvalue weighted by Crippen LogP contribution is 2.24. The summed E-state index contributed by atoms with van der Waals surface area (Å²) in [6.07, 6.45) is 5.53. The summed E-state index contributed by atoms with van der Waals surface area (Å²) < 4.78 is 3.05. The van der Waals surface area contributed by atoms with Gasteiger partial charge in [0.1, 0.15) is 11.5 Å². The highest BCUT2D eigenvalue weighted by molar-refractivity contribution is 14.1. The van der Waals surface area contributed by atoms with Gasteiger partial charge in [0.25, 0.3) is 0 Å². The van der Waals surface area contributed by atoms with Crippen molar-refractivity contribution in [2.75, 3.05) is 11.9 Å². The first kappa shape index (κ1) is 14.2. The molecule has 102 valence electrons. The van der Waals surface area contributed by atoms with Crippen molar-refractivity contribution in [1.82, 2.24) is 19.5 Å². The molecule has 0 unspecified atom stereocenters. The highest BCUT2D eigenvalue weighted by atomic mass is 127.